The molecule has 0 aliphatic rings. The highest BCUT2D eigenvalue weighted by atomic mass is 32.2. The lowest BCUT2D eigenvalue weighted by molar-refractivity contribution is 0.0697. The maximum absolute atomic E-state index is 12.2. The number of carboxylic acids is 1. The highest BCUT2D eigenvalue weighted by Crippen LogP contribution is 2.23. The van der Waals surface area contributed by atoms with Crippen molar-refractivity contribution in [2.75, 3.05) is 12.4 Å². The van der Waals surface area contributed by atoms with Crippen LogP contribution in [0.4, 0.5) is 0 Å². The lowest BCUT2D eigenvalue weighted by Gasteiger charge is -2.10. The zero-order valence-corrected chi connectivity index (χ0v) is 12.8. The van der Waals surface area contributed by atoms with Gasteiger partial charge in [0.05, 0.1) is 17.7 Å². The van der Waals surface area contributed by atoms with Crippen LogP contribution in [0.25, 0.3) is 0 Å². The minimum absolute atomic E-state index is 0.0790. The number of Topliss-reactive ketones (excluding diaryl/α,β-unsaturated/α-hetero) is 1. The van der Waals surface area contributed by atoms with E-state index >= 15 is 0 Å². The van der Waals surface area contributed by atoms with Crippen molar-refractivity contribution in [3.05, 3.63) is 29.3 Å². The van der Waals surface area contributed by atoms with Gasteiger partial charge in [-0.1, -0.05) is 13.8 Å². The fraction of sp³-hybridized carbons (Fsp3) is 0.467. The van der Waals surface area contributed by atoms with E-state index in [1.165, 1.54) is 12.1 Å². The molecule has 0 saturated carbocycles. The quantitative estimate of drug-likeness (QED) is 0.744. The number of rotatable bonds is 8. The largest absolute Gasteiger partial charge is 0.493 e. The van der Waals surface area contributed by atoms with Gasteiger partial charge in [-0.3, -0.25) is 4.79 Å². The Morgan fingerprint density at radius 1 is 1.35 bits per heavy atom. The molecular weight excluding hydrogens is 276 g/mol. The van der Waals surface area contributed by atoms with E-state index < -0.39 is 5.97 Å². The van der Waals surface area contributed by atoms with E-state index in [2.05, 4.69) is 13.8 Å². The number of ether oxygens (including phenoxy) is 1. The van der Waals surface area contributed by atoms with E-state index in [-0.39, 0.29) is 11.3 Å². The lowest BCUT2D eigenvalue weighted by Crippen LogP contribution is -2.08. The number of thioether (sulfide) groups is 1. The number of aromatic carboxylic acids is 1. The molecule has 0 heterocycles. The number of ketones is 1. The maximum Gasteiger partial charge on any atom is 0.335 e. The molecule has 0 fully saturated rings. The fourth-order valence-electron chi connectivity index (χ4n) is 1.68. The number of benzene rings is 1. The molecule has 0 aliphatic carbocycles. The molecule has 0 aliphatic heterocycles. The molecule has 0 atom stereocenters. The van der Waals surface area contributed by atoms with Gasteiger partial charge in [-0.05, 0) is 30.4 Å². The molecule has 1 rings (SSSR count). The molecule has 1 N–H and O–H groups in total. The van der Waals surface area contributed by atoms with Crippen LogP contribution < -0.4 is 4.74 Å². The molecule has 1 aromatic rings. The minimum atomic E-state index is -1.04. The van der Waals surface area contributed by atoms with Gasteiger partial charge >= 0.3 is 5.97 Å². The summed E-state index contributed by atoms with van der Waals surface area (Å²) in [5.41, 5.74) is 0.462. The standard InChI is InChI=1S/C15H20O4S/c1-4-19-14-6-5-11(15(17)18)9-12(14)13(16)7-8-20-10(2)3/h5-6,9-10H,4,7-8H2,1-3H3,(H,17,18). The minimum Gasteiger partial charge on any atom is -0.493 e. The molecule has 0 saturated heterocycles. The van der Waals surface area contributed by atoms with Crippen LogP contribution >= 0.6 is 11.8 Å². The van der Waals surface area contributed by atoms with Gasteiger partial charge in [0.2, 0.25) is 0 Å². The molecular formula is C15H20O4S. The van der Waals surface area contributed by atoms with Crippen LogP contribution in [-0.2, 0) is 0 Å². The fourth-order valence-corrected chi connectivity index (χ4v) is 2.46. The van der Waals surface area contributed by atoms with Crippen LogP contribution in [-0.4, -0.2) is 34.5 Å². The van der Waals surface area contributed by atoms with Gasteiger partial charge < -0.3 is 9.84 Å². The Hall–Kier alpha value is -1.49. The van der Waals surface area contributed by atoms with Gasteiger partial charge in [0, 0.05) is 12.2 Å². The predicted molar refractivity (Wildman–Crippen MR) is 81.1 cm³/mol. The highest BCUT2D eigenvalue weighted by molar-refractivity contribution is 7.99. The van der Waals surface area contributed by atoms with Crippen LogP contribution in [0.15, 0.2) is 18.2 Å². The van der Waals surface area contributed by atoms with Gasteiger partial charge in [0.15, 0.2) is 5.78 Å². The number of carboxylic acid groups (broad SMARTS) is 1. The smallest absolute Gasteiger partial charge is 0.335 e. The first kappa shape index (κ1) is 16.6. The van der Waals surface area contributed by atoms with Crippen molar-refractivity contribution in [2.45, 2.75) is 32.4 Å². The Morgan fingerprint density at radius 2 is 2.05 bits per heavy atom. The Labute approximate surface area is 123 Å². The zero-order chi connectivity index (χ0) is 15.1. The summed E-state index contributed by atoms with van der Waals surface area (Å²) in [5, 5.41) is 9.48. The second-order valence-electron chi connectivity index (χ2n) is 4.54. The first-order valence-corrected chi connectivity index (χ1v) is 7.65. The van der Waals surface area contributed by atoms with Crippen LogP contribution in [0, 0.1) is 0 Å². The third kappa shape index (κ3) is 4.89. The lowest BCUT2D eigenvalue weighted by atomic mass is 10.0. The van der Waals surface area contributed by atoms with Crippen molar-refractivity contribution in [1.29, 1.82) is 0 Å². The van der Waals surface area contributed by atoms with E-state index in [0.29, 0.717) is 29.6 Å². The summed E-state index contributed by atoms with van der Waals surface area (Å²) in [6, 6.07) is 4.40. The summed E-state index contributed by atoms with van der Waals surface area (Å²) >= 11 is 1.71. The summed E-state index contributed by atoms with van der Waals surface area (Å²) in [4.78, 5) is 23.2. The Bertz CT molecular complexity index is 483. The SMILES string of the molecule is CCOc1ccc(C(=O)O)cc1C(=O)CCSC(C)C. The second-order valence-corrected chi connectivity index (χ2v) is 6.23. The van der Waals surface area contributed by atoms with Crippen LogP contribution in [0.5, 0.6) is 5.75 Å². The van der Waals surface area contributed by atoms with Gasteiger partial charge in [0.1, 0.15) is 5.75 Å². The first-order valence-electron chi connectivity index (χ1n) is 6.60. The molecule has 0 radical (unpaired) electrons. The molecule has 0 amide bonds. The van der Waals surface area contributed by atoms with Crippen LogP contribution in [0.2, 0.25) is 0 Å². The molecule has 20 heavy (non-hydrogen) atoms. The Morgan fingerprint density at radius 3 is 2.60 bits per heavy atom. The summed E-state index contributed by atoms with van der Waals surface area (Å²) < 4.78 is 5.40. The Kier molecular flexibility index (Phi) is 6.58. The number of hydrogen-bond donors (Lipinski definition) is 1. The van der Waals surface area contributed by atoms with E-state index in [1.807, 2.05) is 6.92 Å². The molecule has 5 heteroatoms. The summed E-state index contributed by atoms with van der Waals surface area (Å²) in [5.74, 6) is 0.0553. The first-order chi connectivity index (χ1) is 9.45. The van der Waals surface area contributed by atoms with Crippen molar-refractivity contribution in [3.8, 4) is 5.75 Å². The topological polar surface area (TPSA) is 63.6 Å². The Balaban J connectivity index is 2.90. The van der Waals surface area contributed by atoms with E-state index in [4.69, 9.17) is 9.84 Å². The molecule has 4 nitrogen and oxygen atoms in total. The van der Waals surface area contributed by atoms with E-state index in [1.54, 1.807) is 17.8 Å². The predicted octanol–water partition coefficient (Wildman–Crippen LogP) is 3.50. The monoisotopic (exact) mass is 296 g/mol. The van der Waals surface area contributed by atoms with Crippen molar-refractivity contribution in [1.82, 2.24) is 0 Å². The third-order valence-electron chi connectivity index (χ3n) is 2.61. The summed E-state index contributed by atoms with van der Waals surface area (Å²) in [6.07, 6.45) is 0.381. The average molecular weight is 296 g/mol. The van der Waals surface area contributed by atoms with Crippen molar-refractivity contribution in [2.24, 2.45) is 0 Å². The van der Waals surface area contributed by atoms with Gasteiger partial charge in [-0.25, -0.2) is 4.79 Å². The van der Waals surface area contributed by atoms with Crippen molar-refractivity contribution < 1.29 is 19.4 Å². The van der Waals surface area contributed by atoms with Gasteiger partial charge in [0.25, 0.3) is 0 Å². The van der Waals surface area contributed by atoms with Gasteiger partial charge in [-0.15, -0.1) is 0 Å². The van der Waals surface area contributed by atoms with E-state index in [9.17, 15) is 9.59 Å². The van der Waals surface area contributed by atoms with Crippen molar-refractivity contribution >= 4 is 23.5 Å². The highest BCUT2D eigenvalue weighted by Gasteiger charge is 2.15. The van der Waals surface area contributed by atoms with Crippen molar-refractivity contribution in [3.63, 3.8) is 0 Å². The molecule has 1 aromatic carbocycles. The molecule has 110 valence electrons. The summed E-state index contributed by atoms with van der Waals surface area (Å²) in [7, 11) is 0. The number of carbonyl (C=O) groups is 2. The molecule has 0 spiro atoms. The third-order valence-corrected chi connectivity index (χ3v) is 3.71. The summed E-state index contributed by atoms with van der Waals surface area (Å²) in [6.45, 7) is 6.42. The second kappa shape index (κ2) is 7.94. The molecule has 0 bridgehead atoms. The number of carbonyl (C=O) groups excluding carboxylic acids is 1. The normalized spacial score (nSPS) is 10.6. The average Bonchev–Trinajstić information content (AvgIpc) is 2.38. The molecule has 0 unspecified atom stereocenters. The zero-order valence-electron chi connectivity index (χ0n) is 12.0. The van der Waals surface area contributed by atoms with Gasteiger partial charge in [-0.2, -0.15) is 11.8 Å². The number of hydrogen-bond acceptors (Lipinski definition) is 4. The van der Waals surface area contributed by atoms with E-state index in [0.717, 1.165) is 5.75 Å². The van der Waals surface area contributed by atoms with Crippen LogP contribution in [0.1, 0.15) is 47.9 Å². The van der Waals surface area contributed by atoms with Crippen LogP contribution in [0.3, 0.4) is 0 Å². The maximum atomic E-state index is 12.2. The molecule has 0 aromatic heterocycles.